The molecular weight excluding hydrogens is 359 g/mol. The number of carbonyl (C=O) groups excluding carboxylic acids is 1. The maximum atomic E-state index is 13.3. The van der Waals surface area contributed by atoms with Gasteiger partial charge in [0.25, 0.3) is 0 Å². The van der Waals surface area contributed by atoms with Crippen LogP contribution in [0, 0.1) is 5.82 Å². The summed E-state index contributed by atoms with van der Waals surface area (Å²) in [7, 11) is 0. The number of carbonyl (C=O) groups is 1. The van der Waals surface area contributed by atoms with E-state index in [2.05, 4.69) is 4.90 Å². The summed E-state index contributed by atoms with van der Waals surface area (Å²) in [4.78, 5) is 15.4. The lowest BCUT2D eigenvalue weighted by molar-refractivity contribution is 0.0828. The third-order valence-corrected chi connectivity index (χ3v) is 5.82. The highest BCUT2D eigenvalue weighted by Crippen LogP contribution is 2.57. The highest BCUT2D eigenvalue weighted by Gasteiger charge is 2.50. The van der Waals surface area contributed by atoms with Crippen molar-refractivity contribution >= 4 is 5.78 Å². The van der Waals surface area contributed by atoms with Crippen molar-refractivity contribution in [1.82, 2.24) is 9.47 Å². The van der Waals surface area contributed by atoms with Gasteiger partial charge in [0.05, 0.1) is 5.69 Å². The van der Waals surface area contributed by atoms with E-state index in [1.54, 1.807) is 12.1 Å². The highest BCUT2D eigenvalue weighted by atomic mass is 19.1. The number of hydrogen-bond acceptors (Lipinski definition) is 4. The molecule has 1 unspecified atom stereocenters. The fourth-order valence-corrected chi connectivity index (χ4v) is 4.63. The van der Waals surface area contributed by atoms with Gasteiger partial charge < -0.3 is 10.2 Å². The summed E-state index contributed by atoms with van der Waals surface area (Å²) < 4.78 is 14.6. The summed E-state index contributed by atoms with van der Waals surface area (Å²) in [6.45, 7) is 0.734. The minimum atomic E-state index is -0.641. The fraction of sp³-hybridized carbons (Fsp3) is 0.227. The van der Waals surface area contributed by atoms with Crippen LogP contribution in [0.2, 0.25) is 0 Å². The topological polar surface area (TPSA) is 65.7 Å². The molecule has 142 valence electrons. The second kappa shape index (κ2) is 6.21. The Kier molecular flexibility index (Phi) is 3.77. The number of Topliss-reactive ketones (excluding diaryl/α,β-unsaturated/α-hetero) is 1. The molecule has 6 heteroatoms. The van der Waals surface area contributed by atoms with Gasteiger partial charge in [-0.25, -0.2) is 4.39 Å². The molecule has 3 heterocycles. The largest absolute Gasteiger partial charge is 0.494 e. The molecule has 0 amide bonds. The predicted octanol–water partition coefficient (Wildman–Crippen LogP) is 4.10. The molecule has 2 aliphatic rings. The number of hydrogen-bond donors (Lipinski definition) is 2. The molecule has 0 saturated carbocycles. The van der Waals surface area contributed by atoms with Crippen molar-refractivity contribution in [3.63, 3.8) is 0 Å². The second-order valence-electron chi connectivity index (χ2n) is 7.32. The summed E-state index contributed by atoms with van der Waals surface area (Å²) >= 11 is 0. The molecule has 0 radical (unpaired) electrons. The van der Waals surface area contributed by atoms with E-state index in [0.717, 1.165) is 19.4 Å². The average Bonchev–Trinajstić information content (AvgIpc) is 3.35. The van der Waals surface area contributed by atoms with Gasteiger partial charge in [-0.1, -0.05) is 30.3 Å². The van der Waals surface area contributed by atoms with Crippen LogP contribution in [0.3, 0.4) is 0 Å². The molecule has 5 rings (SSSR count). The molecule has 2 N–H and O–H groups in total. The van der Waals surface area contributed by atoms with Gasteiger partial charge in [0.1, 0.15) is 11.9 Å². The first-order valence-corrected chi connectivity index (χ1v) is 9.35. The van der Waals surface area contributed by atoms with E-state index >= 15 is 0 Å². The Bertz CT molecular complexity index is 1060. The smallest absolute Gasteiger partial charge is 0.204 e. The van der Waals surface area contributed by atoms with Gasteiger partial charge in [-0.05, 0) is 43.7 Å². The number of aromatic nitrogens is 1. The van der Waals surface area contributed by atoms with Gasteiger partial charge in [-0.2, -0.15) is 0 Å². The van der Waals surface area contributed by atoms with Gasteiger partial charge in [-0.15, -0.1) is 0 Å². The first-order valence-electron chi connectivity index (χ1n) is 9.35. The van der Waals surface area contributed by atoms with Crippen LogP contribution in [0.4, 0.5) is 4.39 Å². The Balaban J connectivity index is 1.68. The third kappa shape index (κ3) is 2.31. The zero-order valence-corrected chi connectivity index (χ0v) is 15.0. The Morgan fingerprint density at radius 2 is 1.64 bits per heavy atom. The van der Waals surface area contributed by atoms with E-state index in [-0.39, 0.29) is 23.6 Å². The number of aromatic hydroxyl groups is 2. The quantitative estimate of drug-likeness (QED) is 0.674. The molecule has 2 aliphatic heterocycles. The highest BCUT2D eigenvalue weighted by molar-refractivity contribution is 6.02. The molecule has 2 atom stereocenters. The maximum Gasteiger partial charge on any atom is 0.204 e. The molecule has 1 saturated heterocycles. The number of rotatable bonds is 3. The Morgan fingerprint density at radius 1 is 0.964 bits per heavy atom. The van der Waals surface area contributed by atoms with Crippen LogP contribution in [-0.2, 0) is 0 Å². The van der Waals surface area contributed by atoms with Crippen LogP contribution >= 0.6 is 0 Å². The number of fused-ring (bicyclic) bond motifs is 3. The number of halogens is 1. The molecule has 0 aliphatic carbocycles. The molecular formula is C22H19FN2O3. The van der Waals surface area contributed by atoms with Crippen LogP contribution in [0.25, 0.3) is 5.69 Å². The van der Waals surface area contributed by atoms with Crippen LogP contribution in [0.5, 0.6) is 11.8 Å². The number of benzene rings is 2. The first-order chi connectivity index (χ1) is 13.6. The molecule has 1 aromatic heterocycles. The van der Waals surface area contributed by atoms with Crippen molar-refractivity contribution in [2.24, 2.45) is 0 Å². The summed E-state index contributed by atoms with van der Waals surface area (Å²) in [5, 5.41) is 21.9. The minimum Gasteiger partial charge on any atom is -0.494 e. The van der Waals surface area contributed by atoms with E-state index in [0.29, 0.717) is 22.4 Å². The van der Waals surface area contributed by atoms with E-state index < -0.39 is 11.9 Å². The van der Waals surface area contributed by atoms with Gasteiger partial charge in [0.15, 0.2) is 5.78 Å². The molecule has 1 fully saturated rings. The second-order valence-corrected chi connectivity index (χ2v) is 7.32. The zero-order valence-electron chi connectivity index (χ0n) is 15.0. The first kappa shape index (κ1) is 17.0. The van der Waals surface area contributed by atoms with Crippen molar-refractivity contribution in [1.29, 1.82) is 0 Å². The van der Waals surface area contributed by atoms with Crippen molar-refractivity contribution in [3.05, 3.63) is 77.1 Å². The predicted molar refractivity (Wildman–Crippen MR) is 101 cm³/mol. The van der Waals surface area contributed by atoms with E-state index in [4.69, 9.17) is 0 Å². The van der Waals surface area contributed by atoms with Crippen molar-refractivity contribution < 1.29 is 19.4 Å². The number of nitrogens with zero attached hydrogens (tertiary/aromatic N) is 2. The Hall–Kier alpha value is -3.12. The lowest BCUT2D eigenvalue weighted by Crippen LogP contribution is -2.28. The van der Waals surface area contributed by atoms with Gasteiger partial charge in [0.2, 0.25) is 11.8 Å². The molecule has 3 aromatic rings. The third-order valence-electron chi connectivity index (χ3n) is 5.82. The lowest BCUT2D eigenvalue weighted by Gasteiger charge is -2.24. The maximum absolute atomic E-state index is 13.3. The van der Waals surface area contributed by atoms with E-state index in [1.807, 2.05) is 18.2 Å². The normalized spacial score (nSPS) is 20.9. The molecule has 28 heavy (non-hydrogen) atoms. The van der Waals surface area contributed by atoms with Crippen molar-refractivity contribution in [2.45, 2.75) is 24.9 Å². The molecule has 5 nitrogen and oxygen atoms in total. The summed E-state index contributed by atoms with van der Waals surface area (Å²) in [5.41, 5.74) is 2.08. The van der Waals surface area contributed by atoms with Crippen molar-refractivity contribution in [3.8, 4) is 17.4 Å². The Morgan fingerprint density at radius 3 is 2.36 bits per heavy atom. The fourth-order valence-electron chi connectivity index (χ4n) is 4.63. The van der Waals surface area contributed by atoms with Crippen LogP contribution in [0.15, 0.2) is 54.6 Å². The summed E-state index contributed by atoms with van der Waals surface area (Å²) in [6.07, 6.45) is 1.73. The zero-order chi connectivity index (χ0) is 19.4. The van der Waals surface area contributed by atoms with Crippen LogP contribution < -0.4 is 0 Å². The number of ketones is 1. The van der Waals surface area contributed by atoms with E-state index in [1.165, 1.54) is 28.8 Å². The average molecular weight is 378 g/mol. The Labute approximate surface area is 161 Å². The van der Waals surface area contributed by atoms with Gasteiger partial charge >= 0.3 is 0 Å². The summed E-state index contributed by atoms with van der Waals surface area (Å²) in [5.74, 6) is -0.749. The van der Waals surface area contributed by atoms with Gasteiger partial charge in [-0.3, -0.25) is 14.3 Å². The monoisotopic (exact) mass is 378 g/mol. The molecule has 2 aromatic carbocycles. The van der Waals surface area contributed by atoms with Crippen LogP contribution in [0.1, 0.15) is 46.4 Å². The lowest BCUT2D eigenvalue weighted by atomic mass is 9.97. The molecule has 0 bridgehead atoms. The van der Waals surface area contributed by atoms with Crippen molar-refractivity contribution in [2.75, 3.05) is 6.54 Å². The summed E-state index contributed by atoms with van der Waals surface area (Å²) in [6, 6.07) is 13.8. The SMILES string of the molecule is O=C(c1ccccc1)[C@@H]1c2c(c(O)n(-c3ccc(F)cc3)c2O)C2CCCN21. The molecule has 0 spiro atoms. The van der Waals surface area contributed by atoms with Crippen LogP contribution in [-0.4, -0.2) is 32.0 Å². The standard InChI is InChI=1S/C22H19FN2O3/c23-14-8-10-15(11-9-14)25-21(27)17-16-7-4-12-24(16)19(18(17)22(25)28)20(26)13-5-2-1-3-6-13/h1-3,5-6,8-11,16,19,27-28H,4,7,12H2/t16?,19-/m0/s1. The minimum absolute atomic E-state index is 0.0839. The van der Waals surface area contributed by atoms with Gasteiger partial charge in [0, 0.05) is 22.7 Å². The van der Waals surface area contributed by atoms with E-state index in [9.17, 15) is 19.4 Å².